The molecule has 1 aliphatic heterocycles. The van der Waals surface area contributed by atoms with Crippen molar-refractivity contribution in [3.63, 3.8) is 0 Å². The van der Waals surface area contributed by atoms with Crippen LogP contribution in [0.15, 0.2) is 0 Å². The van der Waals surface area contributed by atoms with E-state index in [1.807, 2.05) is 0 Å². The number of alkyl halides is 3. The first kappa shape index (κ1) is 17.3. The van der Waals surface area contributed by atoms with Crippen molar-refractivity contribution in [3.8, 4) is 0 Å². The van der Waals surface area contributed by atoms with Gasteiger partial charge in [0.2, 0.25) is 5.91 Å². The van der Waals surface area contributed by atoms with Crippen LogP contribution in [0.25, 0.3) is 0 Å². The maximum atomic E-state index is 13.1. The van der Waals surface area contributed by atoms with E-state index in [0.29, 0.717) is 6.42 Å². The average Bonchev–Trinajstić information content (AvgIpc) is 2.56. The van der Waals surface area contributed by atoms with Crippen molar-refractivity contribution >= 4 is 5.91 Å². The first-order valence-corrected chi connectivity index (χ1v) is 7.33. The Morgan fingerprint density at radius 1 is 1.25 bits per heavy atom. The van der Waals surface area contributed by atoms with Gasteiger partial charge in [-0.1, -0.05) is 39.0 Å². The second-order valence-corrected chi connectivity index (χ2v) is 6.21. The summed E-state index contributed by atoms with van der Waals surface area (Å²) in [6.07, 6.45) is 0.187. The zero-order valence-corrected chi connectivity index (χ0v) is 12.5. The van der Waals surface area contributed by atoms with Crippen molar-refractivity contribution in [2.24, 2.45) is 5.41 Å². The van der Waals surface area contributed by atoms with Gasteiger partial charge in [-0.25, -0.2) is 5.01 Å². The molecule has 0 radical (unpaired) electrons. The molecule has 0 spiro atoms. The molecular weight excluding hydrogens is 269 g/mol. The molecule has 1 amide bonds. The predicted octanol–water partition coefficient (Wildman–Crippen LogP) is 3.65. The molecular formula is C14H25F3N2O. The van der Waals surface area contributed by atoms with Crippen molar-refractivity contribution in [1.29, 1.82) is 0 Å². The van der Waals surface area contributed by atoms with E-state index in [9.17, 15) is 18.0 Å². The van der Waals surface area contributed by atoms with Crippen LogP contribution < -0.4 is 5.43 Å². The van der Waals surface area contributed by atoms with Crippen molar-refractivity contribution in [1.82, 2.24) is 10.4 Å². The maximum Gasteiger partial charge on any atom is 0.405 e. The fourth-order valence-electron chi connectivity index (χ4n) is 2.44. The van der Waals surface area contributed by atoms with Crippen LogP contribution in [0.3, 0.4) is 0 Å². The van der Waals surface area contributed by atoms with E-state index in [2.05, 4.69) is 12.3 Å². The molecule has 0 bridgehead atoms. The minimum Gasteiger partial charge on any atom is -0.288 e. The molecule has 3 nitrogen and oxygen atoms in total. The number of nitrogens with one attached hydrogen (secondary N) is 1. The lowest BCUT2D eigenvalue weighted by Gasteiger charge is -2.29. The topological polar surface area (TPSA) is 32.3 Å². The number of unbranched alkanes of at least 4 members (excludes halogenated alkanes) is 4. The minimum absolute atomic E-state index is 0.0452. The average molecular weight is 294 g/mol. The second kappa shape index (κ2) is 6.78. The quantitative estimate of drug-likeness (QED) is 0.727. The SMILES string of the molecule is CCCCCCC[C@H](N1CC(C)(C)C(=O)N1)C(F)(F)F. The van der Waals surface area contributed by atoms with Gasteiger partial charge in [-0.2, -0.15) is 13.2 Å². The molecule has 0 unspecified atom stereocenters. The maximum absolute atomic E-state index is 13.1. The molecule has 1 heterocycles. The lowest BCUT2D eigenvalue weighted by molar-refractivity contribution is -0.190. The van der Waals surface area contributed by atoms with Crippen LogP contribution in [-0.2, 0) is 4.79 Å². The Morgan fingerprint density at radius 2 is 1.85 bits per heavy atom. The molecule has 0 aromatic heterocycles. The van der Waals surface area contributed by atoms with Gasteiger partial charge in [-0.3, -0.25) is 10.2 Å². The van der Waals surface area contributed by atoms with Gasteiger partial charge in [0.1, 0.15) is 6.04 Å². The summed E-state index contributed by atoms with van der Waals surface area (Å²) in [5.74, 6) is -0.335. The van der Waals surface area contributed by atoms with Gasteiger partial charge < -0.3 is 0 Å². The van der Waals surface area contributed by atoms with Crippen molar-refractivity contribution in [3.05, 3.63) is 0 Å². The van der Waals surface area contributed by atoms with Crippen LogP contribution in [-0.4, -0.2) is 29.7 Å². The summed E-state index contributed by atoms with van der Waals surface area (Å²) in [6.45, 7) is 5.50. The van der Waals surface area contributed by atoms with Crippen LogP contribution in [0.5, 0.6) is 0 Å². The summed E-state index contributed by atoms with van der Waals surface area (Å²) in [5, 5.41) is 1.07. The zero-order chi connectivity index (χ0) is 15.4. The van der Waals surface area contributed by atoms with Gasteiger partial charge in [0.05, 0.1) is 5.41 Å². The van der Waals surface area contributed by atoms with Crippen LogP contribution in [0.2, 0.25) is 0 Å². The molecule has 6 heteroatoms. The number of carbonyl (C=O) groups is 1. The molecule has 1 atom stereocenters. The monoisotopic (exact) mass is 294 g/mol. The number of rotatable bonds is 7. The molecule has 1 rings (SSSR count). The highest BCUT2D eigenvalue weighted by Gasteiger charge is 2.49. The first-order valence-electron chi connectivity index (χ1n) is 7.33. The highest BCUT2D eigenvalue weighted by atomic mass is 19.4. The van der Waals surface area contributed by atoms with Crippen molar-refractivity contribution in [2.45, 2.75) is 71.5 Å². The van der Waals surface area contributed by atoms with E-state index in [1.54, 1.807) is 13.8 Å². The van der Waals surface area contributed by atoms with E-state index in [1.165, 1.54) is 0 Å². The number of hydrazine groups is 1. The molecule has 0 saturated carbocycles. The van der Waals surface area contributed by atoms with Crippen molar-refractivity contribution in [2.75, 3.05) is 6.54 Å². The fraction of sp³-hybridized carbons (Fsp3) is 0.929. The fourth-order valence-corrected chi connectivity index (χ4v) is 2.44. The zero-order valence-electron chi connectivity index (χ0n) is 12.5. The van der Waals surface area contributed by atoms with Crippen LogP contribution in [0.4, 0.5) is 13.2 Å². The lowest BCUT2D eigenvalue weighted by atomic mass is 9.94. The number of nitrogens with zero attached hydrogens (tertiary/aromatic N) is 1. The Kier molecular flexibility index (Phi) is 5.86. The molecule has 0 aromatic carbocycles. The van der Waals surface area contributed by atoms with E-state index in [4.69, 9.17) is 0 Å². The Labute approximate surface area is 118 Å². The standard InChI is InChI=1S/C14H25F3N2O/c1-4-5-6-7-8-9-11(14(15,16)17)19-10-13(2,3)12(20)18-19/h11H,4-10H2,1-3H3,(H,18,20)/t11-/m0/s1. The van der Waals surface area contributed by atoms with Gasteiger partial charge in [-0.15, -0.1) is 0 Å². The number of amides is 1. The Hall–Kier alpha value is -0.780. The first-order chi connectivity index (χ1) is 9.18. The predicted molar refractivity (Wildman–Crippen MR) is 71.8 cm³/mol. The van der Waals surface area contributed by atoms with Gasteiger partial charge in [0.15, 0.2) is 0 Å². The molecule has 0 aromatic rings. The third kappa shape index (κ3) is 4.65. The number of carbonyl (C=O) groups excluding carboxylic acids is 1. The van der Waals surface area contributed by atoms with E-state index >= 15 is 0 Å². The van der Waals surface area contributed by atoms with E-state index < -0.39 is 17.6 Å². The molecule has 0 aliphatic carbocycles. The summed E-state index contributed by atoms with van der Waals surface area (Å²) in [7, 11) is 0. The number of hydrogen-bond donors (Lipinski definition) is 1. The summed E-state index contributed by atoms with van der Waals surface area (Å²) in [4.78, 5) is 11.6. The molecule has 118 valence electrons. The summed E-state index contributed by atoms with van der Waals surface area (Å²) < 4.78 is 39.4. The lowest BCUT2D eigenvalue weighted by Crippen LogP contribution is -2.49. The van der Waals surface area contributed by atoms with Gasteiger partial charge in [-0.05, 0) is 20.3 Å². The molecule has 1 aliphatic rings. The number of hydrogen-bond acceptors (Lipinski definition) is 2. The Bertz CT molecular complexity index is 329. The number of halogens is 3. The van der Waals surface area contributed by atoms with Gasteiger partial charge in [0.25, 0.3) is 0 Å². The van der Waals surface area contributed by atoms with E-state index in [0.717, 1.165) is 30.7 Å². The van der Waals surface area contributed by atoms with Gasteiger partial charge >= 0.3 is 6.18 Å². The summed E-state index contributed by atoms with van der Waals surface area (Å²) >= 11 is 0. The second-order valence-electron chi connectivity index (χ2n) is 6.21. The summed E-state index contributed by atoms with van der Waals surface area (Å²) in [6, 6.07) is -1.57. The highest BCUT2D eigenvalue weighted by Crippen LogP contribution is 2.33. The van der Waals surface area contributed by atoms with Gasteiger partial charge in [0, 0.05) is 6.54 Å². The minimum atomic E-state index is -4.31. The molecule has 1 saturated heterocycles. The van der Waals surface area contributed by atoms with Crippen LogP contribution in [0, 0.1) is 5.41 Å². The normalized spacial score (nSPS) is 21.0. The Morgan fingerprint density at radius 3 is 2.30 bits per heavy atom. The van der Waals surface area contributed by atoms with E-state index in [-0.39, 0.29) is 18.9 Å². The summed E-state index contributed by atoms with van der Waals surface area (Å²) in [5.41, 5.74) is 1.62. The smallest absolute Gasteiger partial charge is 0.288 e. The Balaban J connectivity index is 2.56. The largest absolute Gasteiger partial charge is 0.405 e. The third-order valence-electron chi connectivity index (χ3n) is 3.76. The van der Waals surface area contributed by atoms with Crippen LogP contribution in [0.1, 0.15) is 59.3 Å². The van der Waals surface area contributed by atoms with Crippen LogP contribution >= 0.6 is 0 Å². The third-order valence-corrected chi connectivity index (χ3v) is 3.76. The molecule has 20 heavy (non-hydrogen) atoms. The highest BCUT2D eigenvalue weighted by molar-refractivity contribution is 5.83. The molecule has 1 N–H and O–H groups in total. The van der Waals surface area contributed by atoms with Crippen molar-refractivity contribution < 1.29 is 18.0 Å². The molecule has 1 fully saturated rings.